The van der Waals surface area contributed by atoms with Gasteiger partial charge in [-0.2, -0.15) is 0 Å². The van der Waals surface area contributed by atoms with Gasteiger partial charge in [0.1, 0.15) is 5.54 Å². The van der Waals surface area contributed by atoms with Crippen molar-refractivity contribution < 1.29 is 9.59 Å². The van der Waals surface area contributed by atoms with E-state index in [4.69, 9.17) is 5.73 Å². The Balaban J connectivity index is 1.67. The average molecular weight is 313 g/mol. The van der Waals surface area contributed by atoms with Crippen molar-refractivity contribution >= 4 is 11.9 Å². The number of carbonyl (C=O) groups is 2. The van der Waals surface area contributed by atoms with Crippen LogP contribution in [-0.4, -0.2) is 28.9 Å². The maximum absolute atomic E-state index is 13.1. The van der Waals surface area contributed by atoms with Gasteiger partial charge in [-0.3, -0.25) is 4.79 Å². The number of urea groups is 1. The highest BCUT2D eigenvalue weighted by atomic mass is 16.2. The number of rotatable bonds is 3. The van der Waals surface area contributed by atoms with Gasteiger partial charge >= 0.3 is 6.03 Å². The first kappa shape index (κ1) is 14.5. The molecule has 1 aromatic rings. The smallest absolute Gasteiger partial charge is 0.313 e. The summed E-state index contributed by atoms with van der Waals surface area (Å²) in [5.74, 6) is 0.588. The molecule has 2 saturated carbocycles. The summed E-state index contributed by atoms with van der Waals surface area (Å²) in [6, 6.07) is 9.78. The molecule has 0 unspecified atom stereocenters. The van der Waals surface area contributed by atoms with Crippen molar-refractivity contribution in [3.8, 4) is 0 Å². The van der Waals surface area contributed by atoms with E-state index < -0.39 is 11.6 Å². The first-order chi connectivity index (χ1) is 11.1. The third-order valence-corrected chi connectivity index (χ3v) is 5.96. The number of nitrogens with two attached hydrogens (primary N) is 1. The number of carbonyl (C=O) groups excluding carboxylic acids is 2. The quantitative estimate of drug-likeness (QED) is 0.897. The van der Waals surface area contributed by atoms with Crippen molar-refractivity contribution in [2.24, 2.45) is 11.7 Å². The topological polar surface area (TPSA) is 75.4 Å². The summed E-state index contributed by atoms with van der Waals surface area (Å²) in [6.07, 6.45) is 5.97. The van der Waals surface area contributed by atoms with Crippen molar-refractivity contribution in [3.05, 3.63) is 35.9 Å². The van der Waals surface area contributed by atoms with Crippen molar-refractivity contribution in [2.45, 2.75) is 49.6 Å². The molecule has 1 aliphatic heterocycles. The number of hydrogen-bond acceptors (Lipinski definition) is 2. The second kappa shape index (κ2) is 4.98. The fraction of sp³-hybridized carbons (Fsp3) is 0.556. The number of benzene rings is 1. The van der Waals surface area contributed by atoms with E-state index in [1.54, 1.807) is 0 Å². The van der Waals surface area contributed by atoms with Gasteiger partial charge in [0, 0.05) is 12.5 Å². The van der Waals surface area contributed by atoms with E-state index in [-0.39, 0.29) is 11.4 Å². The zero-order chi connectivity index (χ0) is 16.1. The van der Waals surface area contributed by atoms with Crippen LogP contribution in [-0.2, 0) is 10.3 Å². The number of nitrogens with one attached hydrogen (secondary N) is 1. The van der Waals surface area contributed by atoms with E-state index in [2.05, 4.69) is 17.4 Å². The number of nitrogens with zero attached hydrogens (tertiary/aromatic N) is 1. The zero-order valence-electron chi connectivity index (χ0n) is 13.3. The normalized spacial score (nSPS) is 30.8. The standard InChI is InChI=1S/C18H23N3O2/c19-16(23)20-17(10-11-17)15(22)21-12-14-8-4-5-9-18(14,21)13-6-2-1-3-7-13/h1-3,6-7,14H,4-5,8-12H2,(H3,19,20,23)/t14-,18-/m0/s1. The Morgan fingerprint density at radius 2 is 1.87 bits per heavy atom. The van der Waals surface area contributed by atoms with E-state index in [9.17, 15) is 9.59 Å². The van der Waals surface area contributed by atoms with E-state index >= 15 is 0 Å². The minimum absolute atomic E-state index is 0.0540. The van der Waals surface area contributed by atoms with Crippen molar-refractivity contribution in [1.82, 2.24) is 10.2 Å². The maximum Gasteiger partial charge on any atom is 0.313 e. The molecule has 3 N–H and O–H groups in total. The molecule has 1 heterocycles. The average Bonchev–Trinajstić information content (AvgIpc) is 3.29. The molecule has 122 valence electrons. The summed E-state index contributed by atoms with van der Waals surface area (Å²) in [4.78, 5) is 26.4. The van der Waals surface area contributed by atoms with Gasteiger partial charge in [-0.15, -0.1) is 0 Å². The van der Waals surface area contributed by atoms with Gasteiger partial charge in [0.25, 0.3) is 0 Å². The van der Waals surface area contributed by atoms with Crippen LogP contribution in [0.3, 0.4) is 0 Å². The van der Waals surface area contributed by atoms with E-state index in [0.717, 1.165) is 19.4 Å². The van der Waals surface area contributed by atoms with Gasteiger partial charge < -0.3 is 16.0 Å². The molecule has 3 aliphatic rings. The van der Waals surface area contributed by atoms with Crippen LogP contribution >= 0.6 is 0 Å². The second-order valence-corrected chi connectivity index (χ2v) is 7.22. The summed E-state index contributed by atoms with van der Waals surface area (Å²) in [6.45, 7) is 0.802. The molecule has 0 spiro atoms. The highest BCUT2D eigenvalue weighted by Gasteiger charge is 2.63. The van der Waals surface area contributed by atoms with Crippen molar-refractivity contribution in [1.29, 1.82) is 0 Å². The van der Waals surface area contributed by atoms with E-state index in [0.29, 0.717) is 18.8 Å². The number of hydrogen-bond donors (Lipinski definition) is 2. The molecule has 1 aromatic carbocycles. The molecule has 23 heavy (non-hydrogen) atoms. The number of primary amides is 1. The molecule has 0 aromatic heterocycles. The van der Waals surface area contributed by atoms with Gasteiger partial charge in [-0.1, -0.05) is 43.2 Å². The predicted octanol–water partition coefficient (Wildman–Crippen LogP) is 2.12. The SMILES string of the molecule is NC(=O)NC1(C(=O)N2C[C@@H]3CCCC[C@]32c2ccccc2)CC1. The van der Waals surface area contributed by atoms with Crippen LogP contribution < -0.4 is 11.1 Å². The van der Waals surface area contributed by atoms with Gasteiger partial charge in [0.2, 0.25) is 5.91 Å². The Bertz CT molecular complexity index is 641. The van der Waals surface area contributed by atoms with Crippen LogP contribution in [0.2, 0.25) is 0 Å². The molecule has 1 saturated heterocycles. The lowest BCUT2D eigenvalue weighted by Crippen LogP contribution is -2.71. The number of amides is 3. The second-order valence-electron chi connectivity index (χ2n) is 7.22. The fourth-order valence-corrected chi connectivity index (χ4v) is 4.63. The number of fused-ring (bicyclic) bond motifs is 1. The molecule has 3 amide bonds. The molecular weight excluding hydrogens is 290 g/mol. The summed E-state index contributed by atoms with van der Waals surface area (Å²) >= 11 is 0. The first-order valence-electron chi connectivity index (χ1n) is 8.54. The molecule has 3 fully saturated rings. The summed E-state index contributed by atoms with van der Waals surface area (Å²) in [5, 5.41) is 2.69. The third-order valence-electron chi connectivity index (χ3n) is 5.96. The van der Waals surface area contributed by atoms with Gasteiger partial charge in [-0.05, 0) is 31.2 Å². The molecule has 5 nitrogen and oxygen atoms in total. The van der Waals surface area contributed by atoms with Gasteiger partial charge in [-0.25, -0.2) is 4.79 Å². The molecule has 0 radical (unpaired) electrons. The minimum atomic E-state index is -0.740. The largest absolute Gasteiger partial charge is 0.352 e. The summed E-state index contributed by atoms with van der Waals surface area (Å²) in [7, 11) is 0. The first-order valence-corrected chi connectivity index (χ1v) is 8.54. The minimum Gasteiger partial charge on any atom is -0.352 e. The molecule has 5 heteroatoms. The van der Waals surface area contributed by atoms with Crippen LogP contribution in [0.5, 0.6) is 0 Å². The lowest BCUT2D eigenvalue weighted by molar-refractivity contribution is -0.170. The van der Waals surface area contributed by atoms with Crippen LogP contribution in [0.4, 0.5) is 4.79 Å². The van der Waals surface area contributed by atoms with Crippen LogP contribution in [0.25, 0.3) is 0 Å². The highest BCUT2D eigenvalue weighted by Crippen LogP contribution is 2.55. The fourth-order valence-electron chi connectivity index (χ4n) is 4.63. The summed E-state index contributed by atoms with van der Waals surface area (Å²) in [5.41, 5.74) is 5.59. The van der Waals surface area contributed by atoms with Gasteiger partial charge in [0.05, 0.1) is 5.54 Å². The molecular formula is C18H23N3O2. The molecule has 4 rings (SSSR count). The van der Waals surface area contributed by atoms with Crippen LogP contribution in [0, 0.1) is 5.92 Å². The van der Waals surface area contributed by atoms with Crippen molar-refractivity contribution in [3.63, 3.8) is 0 Å². The predicted molar refractivity (Wildman–Crippen MR) is 86.5 cm³/mol. The van der Waals surface area contributed by atoms with E-state index in [1.807, 2.05) is 23.1 Å². The summed E-state index contributed by atoms with van der Waals surface area (Å²) < 4.78 is 0. The lowest BCUT2D eigenvalue weighted by atomic mass is 9.61. The van der Waals surface area contributed by atoms with Crippen molar-refractivity contribution in [2.75, 3.05) is 6.54 Å². The van der Waals surface area contributed by atoms with E-state index in [1.165, 1.54) is 18.4 Å². The van der Waals surface area contributed by atoms with Crippen LogP contribution in [0.15, 0.2) is 30.3 Å². The monoisotopic (exact) mass is 313 g/mol. The Morgan fingerprint density at radius 1 is 1.13 bits per heavy atom. The third kappa shape index (κ3) is 2.06. The Morgan fingerprint density at radius 3 is 2.48 bits per heavy atom. The highest BCUT2D eigenvalue weighted by molar-refractivity contribution is 5.94. The van der Waals surface area contributed by atoms with Crippen LogP contribution in [0.1, 0.15) is 44.1 Å². The lowest BCUT2D eigenvalue weighted by Gasteiger charge is -2.62. The Hall–Kier alpha value is -2.04. The molecule has 0 bridgehead atoms. The Labute approximate surface area is 136 Å². The van der Waals surface area contributed by atoms with Gasteiger partial charge in [0.15, 0.2) is 0 Å². The Kier molecular flexibility index (Phi) is 3.15. The maximum atomic E-state index is 13.1. The molecule has 2 atom stereocenters. The number of likely N-dealkylation sites (tertiary alicyclic amines) is 1. The molecule has 2 aliphatic carbocycles. The zero-order valence-corrected chi connectivity index (χ0v) is 13.3.